The summed E-state index contributed by atoms with van der Waals surface area (Å²) in [7, 11) is 0. The predicted molar refractivity (Wildman–Crippen MR) is 28.9 cm³/mol. The molecule has 0 aliphatic rings. The van der Waals surface area contributed by atoms with Crippen LogP contribution >= 0.6 is 12.2 Å². The van der Waals surface area contributed by atoms with Crippen LogP contribution in [0.15, 0.2) is 5.29 Å². The molecule has 0 fully saturated rings. The van der Waals surface area contributed by atoms with E-state index in [9.17, 15) is 4.91 Å². The monoisotopic (exact) mass is 120 g/mol. The van der Waals surface area contributed by atoms with E-state index in [2.05, 4.69) is 22.9 Å². The van der Waals surface area contributed by atoms with Crippen molar-refractivity contribution < 1.29 is 0 Å². The van der Waals surface area contributed by atoms with Gasteiger partial charge in [0.05, 0.1) is 5.29 Å². The van der Waals surface area contributed by atoms with E-state index in [-0.39, 0.29) is 5.11 Å². The van der Waals surface area contributed by atoms with Crippen molar-refractivity contribution in [3.05, 3.63) is 4.91 Å². The molecule has 0 aliphatic carbocycles. The van der Waals surface area contributed by atoms with Crippen molar-refractivity contribution in [1.29, 1.82) is 0 Å². The summed E-state index contributed by atoms with van der Waals surface area (Å²) in [6.07, 6.45) is 0. The lowest BCUT2D eigenvalue weighted by atomic mass is 11.2. The standard InChI is InChI=1S/CH4N4OS/c2-1(7)3-4-5-6/h(H,4,6)(H3,2,3,5,7). The molecule has 0 heterocycles. The highest BCUT2D eigenvalue weighted by Crippen LogP contribution is 1.49. The van der Waals surface area contributed by atoms with E-state index in [4.69, 9.17) is 5.73 Å². The molecular formula is CH4N4OS. The number of hydrogen-bond donors (Lipinski definition) is 3. The lowest BCUT2D eigenvalue weighted by molar-refractivity contribution is 0.695. The molecular weight excluding hydrogens is 116 g/mol. The zero-order chi connectivity index (χ0) is 5.70. The fourth-order valence-electron chi connectivity index (χ4n) is 0.0779. The smallest absolute Gasteiger partial charge is 0.183 e. The van der Waals surface area contributed by atoms with E-state index in [0.717, 1.165) is 0 Å². The number of thiocarbonyl (C=S) groups is 1. The fraction of sp³-hybridized carbons (Fsp3) is 0. The first kappa shape index (κ1) is 6.09. The molecule has 4 N–H and O–H groups in total. The Bertz CT molecular complexity index is 81.8. The van der Waals surface area contributed by atoms with E-state index < -0.39 is 0 Å². The molecule has 40 valence electrons. The third-order valence-electron chi connectivity index (χ3n) is 0.225. The minimum absolute atomic E-state index is 0.0143. The lowest BCUT2D eigenvalue weighted by Crippen LogP contribution is -2.37. The van der Waals surface area contributed by atoms with Gasteiger partial charge in [0.25, 0.3) is 0 Å². The van der Waals surface area contributed by atoms with Gasteiger partial charge >= 0.3 is 0 Å². The van der Waals surface area contributed by atoms with Crippen LogP contribution in [0.2, 0.25) is 0 Å². The van der Waals surface area contributed by atoms with Crippen LogP contribution in [0.1, 0.15) is 0 Å². The minimum Gasteiger partial charge on any atom is -0.375 e. The first-order valence-corrected chi connectivity index (χ1v) is 1.81. The quantitative estimate of drug-likeness (QED) is 0.247. The van der Waals surface area contributed by atoms with Crippen molar-refractivity contribution >= 4 is 17.3 Å². The third-order valence-corrected chi connectivity index (χ3v) is 0.327. The van der Waals surface area contributed by atoms with Crippen LogP contribution in [0.25, 0.3) is 0 Å². The van der Waals surface area contributed by atoms with Crippen LogP contribution in [0.4, 0.5) is 0 Å². The molecule has 0 aromatic carbocycles. The Labute approximate surface area is 45.2 Å². The molecule has 0 saturated heterocycles. The number of nitroso groups, excluding NO2 is 1. The normalized spacial score (nSPS) is 6.86. The average Bonchev–Trinajstić information content (AvgIpc) is 1.61. The predicted octanol–water partition coefficient (Wildman–Crippen LogP) is -0.994. The second-order valence-electron chi connectivity index (χ2n) is 0.692. The van der Waals surface area contributed by atoms with Crippen molar-refractivity contribution in [3.8, 4) is 0 Å². The number of nitrogens with zero attached hydrogens (tertiary/aromatic N) is 1. The lowest BCUT2D eigenvalue weighted by Gasteiger charge is -1.93. The van der Waals surface area contributed by atoms with Gasteiger partial charge in [-0.15, -0.1) is 4.91 Å². The highest BCUT2D eigenvalue weighted by atomic mass is 32.1. The van der Waals surface area contributed by atoms with Gasteiger partial charge < -0.3 is 5.73 Å². The van der Waals surface area contributed by atoms with Crippen LogP contribution in [0.5, 0.6) is 0 Å². The molecule has 0 rings (SSSR count). The number of hydrazine groups is 1. The van der Waals surface area contributed by atoms with Crippen molar-refractivity contribution in [1.82, 2.24) is 11.0 Å². The van der Waals surface area contributed by atoms with Crippen LogP contribution < -0.4 is 16.7 Å². The van der Waals surface area contributed by atoms with E-state index in [1.807, 2.05) is 0 Å². The van der Waals surface area contributed by atoms with Crippen LogP contribution in [0.3, 0.4) is 0 Å². The maximum Gasteiger partial charge on any atom is 0.183 e. The molecule has 6 heteroatoms. The minimum atomic E-state index is -0.0143. The molecule has 0 saturated carbocycles. The zero-order valence-corrected chi connectivity index (χ0v) is 4.16. The summed E-state index contributed by atoms with van der Waals surface area (Å²) in [5, 5.41) is 2.18. The Morgan fingerprint density at radius 3 is 2.57 bits per heavy atom. The summed E-state index contributed by atoms with van der Waals surface area (Å²) in [4.78, 5) is 9.17. The first-order chi connectivity index (χ1) is 3.27. The van der Waals surface area contributed by atoms with E-state index in [1.54, 1.807) is 5.53 Å². The van der Waals surface area contributed by atoms with Crippen molar-refractivity contribution in [2.24, 2.45) is 11.0 Å². The maximum atomic E-state index is 9.17. The SMILES string of the molecule is NC(=S)NNN=O. The van der Waals surface area contributed by atoms with Gasteiger partial charge in [-0.1, -0.05) is 0 Å². The van der Waals surface area contributed by atoms with E-state index in [0.29, 0.717) is 0 Å². The van der Waals surface area contributed by atoms with Gasteiger partial charge in [0.2, 0.25) is 0 Å². The highest BCUT2D eigenvalue weighted by Gasteiger charge is 1.76. The summed E-state index contributed by atoms with van der Waals surface area (Å²) in [6, 6.07) is 0. The Hall–Kier alpha value is -0.910. The van der Waals surface area contributed by atoms with Crippen molar-refractivity contribution in [2.75, 3.05) is 0 Å². The van der Waals surface area contributed by atoms with Gasteiger partial charge in [-0.2, -0.15) is 5.53 Å². The van der Waals surface area contributed by atoms with Gasteiger partial charge in [-0.3, -0.25) is 5.43 Å². The van der Waals surface area contributed by atoms with E-state index >= 15 is 0 Å². The van der Waals surface area contributed by atoms with E-state index in [1.165, 1.54) is 0 Å². The third kappa shape index (κ3) is 5.09. The number of rotatable bonds is 2. The van der Waals surface area contributed by atoms with Gasteiger partial charge in [0.15, 0.2) is 5.11 Å². The average molecular weight is 120 g/mol. The van der Waals surface area contributed by atoms with Crippen LogP contribution in [0, 0.1) is 4.91 Å². The van der Waals surface area contributed by atoms with Crippen LogP contribution in [-0.2, 0) is 0 Å². The largest absolute Gasteiger partial charge is 0.375 e. The Morgan fingerprint density at radius 1 is 1.86 bits per heavy atom. The van der Waals surface area contributed by atoms with Gasteiger partial charge in [-0.05, 0) is 12.2 Å². The molecule has 0 aromatic heterocycles. The molecule has 0 spiro atoms. The fourth-order valence-corrected chi connectivity index (χ4v) is 0.124. The number of nitrogens with one attached hydrogen (secondary N) is 2. The molecule has 0 amide bonds. The first-order valence-electron chi connectivity index (χ1n) is 1.40. The summed E-state index contributed by atoms with van der Waals surface area (Å²) < 4.78 is 0. The Kier molecular flexibility index (Phi) is 2.86. The second-order valence-corrected chi connectivity index (χ2v) is 1.13. The highest BCUT2D eigenvalue weighted by molar-refractivity contribution is 7.80. The summed E-state index contributed by atoms with van der Waals surface area (Å²) in [6.45, 7) is 0. The van der Waals surface area contributed by atoms with Gasteiger partial charge in [-0.25, -0.2) is 0 Å². The summed E-state index contributed by atoms with van der Waals surface area (Å²) in [5.41, 5.74) is 8.71. The molecule has 0 aromatic rings. The molecule has 0 aliphatic heterocycles. The van der Waals surface area contributed by atoms with Gasteiger partial charge in [0.1, 0.15) is 0 Å². The number of nitrogens with two attached hydrogens (primary N) is 1. The molecule has 0 atom stereocenters. The molecule has 0 radical (unpaired) electrons. The zero-order valence-electron chi connectivity index (χ0n) is 3.34. The second kappa shape index (κ2) is 3.29. The van der Waals surface area contributed by atoms with Gasteiger partial charge in [0, 0.05) is 0 Å². The maximum absolute atomic E-state index is 9.17. The summed E-state index contributed by atoms with van der Waals surface area (Å²) >= 11 is 4.27. The molecule has 7 heavy (non-hydrogen) atoms. The molecule has 5 nitrogen and oxygen atoms in total. The molecule has 0 unspecified atom stereocenters. The van der Waals surface area contributed by atoms with Crippen LogP contribution in [-0.4, -0.2) is 5.11 Å². The molecule has 0 bridgehead atoms. The van der Waals surface area contributed by atoms with Crippen molar-refractivity contribution in [2.45, 2.75) is 0 Å². The van der Waals surface area contributed by atoms with Crippen molar-refractivity contribution in [3.63, 3.8) is 0 Å². The Balaban J connectivity index is 2.97. The number of hydrogen-bond acceptors (Lipinski definition) is 3. The Morgan fingerprint density at radius 2 is 2.43 bits per heavy atom. The topological polar surface area (TPSA) is 79.5 Å². The summed E-state index contributed by atoms with van der Waals surface area (Å²) in [5.74, 6) is 0.